The van der Waals surface area contributed by atoms with Crippen LogP contribution in [-0.4, -0.2) is 13.3 Å². The first kappa shape index (κ1) is 16.0. The summed E-state index contributed by atoms with van der Waals surface area (Å²) < 4.78 is 0. The van der Waals surface area contributed by atoms with Crippen molar-refractivity contribution in [3.63, 3.8) is 0 Å². The molecule has 1 nitrogen and oxygen atoms in total. The van der Waals surface area contributed by atoms with Gasteiger partial charge < -0.3 is 0 Å². The molecule has 0 unspecified atom stereocenters. The van der Waals surface area contributed by atoms with Crippen molar-refractivity contribution in [3.8, 4) is 0 Å². The molecule has 22 heavy (non-hydrogen) atoms. The molecule has 0 spiro atoms. The minimum absolute atomic E-state index is 1.17. The number of rotatable bonds is 4. The summed E-state index contributed by atoms with van der Waals surface area (Å²) in [6.45, 7) is 6.41. The fourth-order valence-corrected chi connectivity index (χ4v) is 2.45. The van der Waals surface area contributed by atoms with Gasteiger partial charge in [-0.3, -0.25) is 4.99 Å². The lowest BCUT2D eigenvalue weighted by Gasteiger charge is -2.09. The first-order chi connectivity index (χ1) is 10.6. The van der Waals surface area contributed by atoms with Crippen molar-refractivity contribution in [1.82, 2.24) is 0 Å². The van der Waals surface area contributed by atoms with Gasteiger partial charge in [-0.05, 0) is 54.7 Å². The van der Waals surface area contributed by atoms with E-state index in [0.717, 1.165) is 0 Å². The second-order valence-corrected chi connectivity index (χ2v) is 5.54. The first-order valence-corrected chi connectivity index (χ1v) is 7.55. The molecule has 0 saturated heterocycles. The van der Waals surface area contributed by atoms with Crippen molar-refractivity contribution in [2.45, 2.75) is 20.8 Å². The van der Waals surface area contributed by atoms with Crippen LogP contribution in [-0.2, 0) is 0 Å². The SMILES string of the molecule is CN=C/C=C(\C=C(/C)c1ccccc1C)c1ccc(C)cc1. The zero-order valence-corrected chi connectivity index (χ0v) is 13.8. The van der Waals surface area contributed by atoms with Crippen molar-refractivity contribution in [2.75, 3.05) is 7.05 Å². The van der Waals surface area contributed by atoms with Gasteiger partial charge in [0.1, 0.15) is 0 Å². The third kappa shape index (κ3) is 4.05. The normalized spacial score (nSPS) is 12.9. The second kappa shape index (κ2) is 7.56. The Morgan fingerprint density at radius 3 is 2.27 bits per heavy atom. The molecule has 0 aliphatic heterocycles. The van der Waals surface area contributed by atoms with E-state index in [4.69, 9.17) is 0 Å². The van der Waals surface area contributed by atoms with Crippen LogP contribution in [0.1, 0.15) is 29.2 Å². The molecule has 0 amide bonds. The maximum Gasteiger partial charge on any atom is 0.0277 e. The van der Waals surface area contributed by atoms with Gasteiger partial charge in [0.15, 0.2) is 0 Å². The second-order valence-electron chi connectivity index (χ2n) is 5.54. The van der Waals surface area contributed by atoms with E-state index >= 15 is 0 Å². The first-order valence-electron chi connectivity index (χ1n) is 7.55. The third-order valence-corrected chi connectivity index (χ3v) is 3.73. The van der Waals surface area contributed by atoms with Crippen LogP contribution in [0.4, 0.5) is 0 Å². The number of aryl methyl sites for hydroxylation is 2. The Morgan fingerprint density at radius 2 is 1.64 bits per heavy atom. The van der Waals surface area contributed by atoms with Gasteiger partial charge in [0.2, 0.25) is 0 Å². The highest BCUT2D eigenvalue weighted by atomic mass is 14.6. The molecule has 0 heterocycles. The standard InChI is InChI=1S/C21H23N/c1-16-9-11-19(12-10-16)20(13-14-22-4)15-18(3)21-8-6-5-7-17(21)2/h5-15H,1-4H3/b18-15+,20-13+,22-14?. The Kier molecular flexibility index (Phi) is 5.48. The van der Waals surface area contributed by atoms with Gasteiger partial charge in [-0.15, -0.1) is 0 Å². The predicted molar refractivity (Wildman–Crippen MR) is 98.4 cm³/mol. The number of benzene rings is 2. The van der Waals surface area contributed by atoms with Crippen molar-refractivity contribution in [2.24, 2.45) is 4.99 Å². The zero-order valence-electron chi connectivity index (χ0n) is 13.8. The van der Waals surface area contributed by atoms with Crippen LogP contribution in [0.5, 0.6) is 0 Å². The van der Waals surface area contributed by atoms with E-state index in [2.05, 4.69) is 86.4 Å². The smallest absolute Gasteiger partial charge is 0.0277 e. The number of allylic oxidation sites excluding steroid dienone is 4. The molecule has 0 bridgehead atoms. The number of nitrogens with zero attached hydrogens (tertiary/aromatic N) is 1. The van der Waals surface area contributed by atoms with Crippen LogP contribution in [0.25, 0.3) is 11.1 Å². The molecule has 0 N–H and O–H groups in total. The molecule has 2 rings (SSSR count). The molecule has 2 aromatic carbocycles. The van der Waals surface area contributed by atoms with E-state index < -0.39 is 0 Å². The molecule has 0 aliphatic carbocycles. The number of aliphatic imine (C=N–C) groups is 1. The predicted octanol–water partition coefficient (Wildman–Crippen LogP) is 5.49. The maximum atomic E-state index is 4.09. The van der Waals surface area contributed by atoms with Gasteiger partial charge in [0.25, 0.3) is 0 Å². The van der Waals surface area contributed by atoms with Gasteiger partial charge >= 0.3 is 0 Å². The Bertz CT molecular complexity index is 716. The van der Waals surface area contributed by atoms with E-state index in [1.165, 1.54) is 33.4 Å². The summed E-state index contributed by atoms with van der Waals surface area (Å²) in [6, 6.07) is 17.1. The Morgan fingerprint density at radius 1 is 0.955 bits per heavy atom. The molecule has 2 aromatic rings. The zero-order chi connectivity index (χ0) is 15.9. The summed E-state index contributed by atoms with van der Waals surface area (Å²) in [7, 11) is 1.79. The monoisotopic (exact) mass is 289 g/mol. The largest absolute Gasteiger partial charge is 0.296 e. The van der Waals surface area contributed by atoms with Gasteiger partial charge in [0, 0.05) is 13.3 Å². The summed E-state index contributed by atoms with van der Waals surface area (Å²) in [6.07, 6.45) is 6.14. The minimum atomic E-state index is 1.17. The Balaban J connectivity index is 2.45. The molecule has 0 saturated carbocycles. The summed E-state index contributed by atoms with van der Waals surface area (Å²) in [4.78, 5) is 4.09. The third-order valence-electron chi connectivity index (χ3n) is 3.73. The van der Waals surface area contributed by atoms with Gasteiger partial charge in [-0.25, -0.2) is 0 Å². The van der Waals surface area contributed by atoms with Crippen molar-refractivity contribution in [1.29, 1.82) is 0 Å². The van der Waals surface area contributed by atoms with Gasteiger partial charge in [-0.2, -0.15) is 0 Å². The van der Waals surface area contributed by atoms with E-state index in [1.54, 1.807) is 7.05 Å². The topological polar surface area (TPSA) is 12.4 Å². The number of hydrogen-bond acceptors (Lipinski definition) is 1. The molecule has 112 valence electrons. The Labute approximate surface area is 133 Å². The average molecular weight is 289 g/mol. The fraction of sp³-hybridized carbons (Fsp3) is 0.190. The molecule has 0 aliphatic rings. The van der Waals surface area contributed by atoms with Crippen LogP contribution in [0.3, 0.4) is 0 Å². The average Bonchev–Trinajstić information content (AvgIpc) is 2.52. The molecular formula is C21H23N. The highest BCUT2D eigenvalue weighted by Crippen LogP contribution is 2.24. The maximum absolute atomic E-state index is 4.09. The van der Waals surface area contributed by atoms with Crippen LogP contribution in [0.2, 0.25) is 0 Å². The molecular weight excluding hydrogens is 266 g/mol. The lowest BCUT2D eigenvalue weighted by molar-refractivity contribution is 1.41. The van der Waals surface area contributed by atoms with Crippen LogP contribution >= 0.6 is 0 Å². The Hall–Kier alpha value is -2.41. The minimum Gasteiger partial charge on any atom is -0.296 e. The fourth-order valence-electron chi connectivity index (χ4n) is 2.45. The number of hydrogen-bond donors (Lipinski definition) is 0. The van der Waals surface area contributed by atoms with Gasteiger partial charge in [-0.1, -0.05) is 60.2 Å². The molecule has 0 atom stereocenters. The summed E-state index contributed by atoms with van der Waals surface area (Å²) in [5.41, 5.74) is 7.49. The highest BCUT2D eigenvalue weighted by molar-refractivity contribution is 5.92. The molecule has 0 radical (unpaired) electrons. The van der Waals surface area contributed by atoms with E-state index in [9.17, 15) is 0 Å². The van der Waals surface area contributed by atoms with Crippen molar-refractivity contribution < 1.29 is 0 Å². The molecule has 0 aromatic heterocycles. The van der Waals surface area contributed by atoms with Crippen molar-refractivity contribution >= 4 is 17.4 Å². The van der Waals surface area contributed by atoms with E-state index in [1.807, 2.05) is 6.21 Å². The molecule has 1 heteroatoms. The van der Waals surface area contributed by atoms with Crippen molar-refractivity contribution in [3.05, 3.63) is 82.9 Å². The highest BCUT2D eigenvalue weighted by Gasteiger charge is 2.03. The van der Waals surface area contributed by atoms with Gasteiger partial charge in [0.05, 0.1) is 0 Å². The summed E-state index contributed by atoms with van der Waals surface area (Å²) >= 11 is 0. The van der Waals surface area contributed by atoms with Crippen LogP contribution in [0.15, 0.2) is 65.7 Å². The molecule has 0 fully saturated rings. The summed E-state index contributed by atoms with van der Waals surface area (Å²) in [5, 5.41) is 0. The summed E-state index contributed by atoms with van der Waals surface area (Å²) in [5.74, 6) is 0. The van der Waals surface area contributed by atoms with Crippen LogP contribution in [0, 0.1) is 13.8 Å². The quantitative estimate of drug-likeness (QED) is 0.521. The lowest BCUT2D eigenvalue weighted by Crippen LogP contribution is -1.88. The van der Waals surface area contributed by atoms with E-state index in [-0.39, 0.29) is 0 Å². The lowest BCUT2D eigenvalue weighted by atomic mass is 9.96. The van der Waals surface area contributed by atoms with E-state index in [0.29, 0.717) is 0 Å². The van der Waals surface area contributed by atoms with Crippen LogP contribution < -0.4 is 0 Å².